The van der Waals surface area contributed by atoms with Gasteiger partial charge in [0.15, 0.2) is 0 Å². The molecule has 0 radical (unpaired) electrons. The van der Waals surface area contributed by atoms with Crippen LogP contribution in [0.5, 0.6) is 0 Å². The van der Waals surface area contributed by atoms with Crippen molar-refractivity contribution in [2.24, 2.45) is 0 Å². The van der Waals surface area contributed by atoms with E-state index in [1.807, 2.05) is 0 Å². The van der Waals surface area contributed by atoms with Crippen LogP contribution in [-0.4, -0.2) is 32.8 Å². The van der Waals surface area contributed by atoms with Crippen molar-refractivity contribution < 1.29 is 22.4 Å². The van der Waals surface area contributed by atoms with Crippen molar-refractivity contribution in [3.8, 4) is 0 Å². The number of hydrogen-bond donors (Lipinski definition) is 3. The fraction of sp³-hybridized carbons (Fsp3) is 0.333. The van der Waals surface area contributed by atoms with E-state index in [1.165, 1.54) is 30.7 Å². The lowest BCUT2D eigenvalue weighted by Gasteiger charge is -2.22. The van der Waals surface area contributed by atoms with Gasteiger partial charge in [-0.3, -0.25) is 14.3 Å². The molecule has 2 aromatic rings. The molecule has 1 aliphatic rings. The number of nitrogens with one attached hydrogen (secondary N) is 3. The lowest BCUT2D eigenvalue weighted by molar-refractivity contribution is -0.121. The molecule has 31 heavy (non-hydrogen) atoms. The lowest BCUT2D eigenvalue weighted by Crippen LogP contribution is -2.42. The van der Waals surface area contributed by atoms with E-state index in [4.69, 9.17) is 11.6 Å². The van der Waals surface area contributed by atoms with Crippen molar-refractivity contribution in [3.05, 3.63) is 58.9 Å². The van der Waals surface area contributed by atoms with Crippen molar-refractivity contribution >= 4 is 39.1 Å². The third kappa shape index (κ3) is 6.41. The Morgan fingerprint density at radius 3 is 2.35 bits per heavy atom. The maximum absolute atomic E-state index is 13.3. The predicted octanol–water partition coefficient (Wildman–Crippen LogP) is 3.46. The molecule has 7 nitrogen and oxygen atoms in total. The maximum atomic E-state index is 13.3. The lowest BCUT2D eigenvalue weighted by atomic mass is 9.95. The summed E-state index contributed by atoms with van der Waals surface area (Å²) in [5, 5.41) is 5.17. The number of sulfonamides is 1. The SMILES string of the molecule is O=C(CNC(=O)c1ccc(NS(=O)(=O)c2ccc(F)c(Cl)c2)cc1)NC1CCCCC1. The summed E-state index contributed by atoms with van der Waals surface area (Å²) >= 11 is 5.64. The summed E-state index contributed by atoms with van der Waals surface area (Å²) in [5.41, 5.74) is 0.491. The van der Waals surface area contributed by atoms with Crippen LogP contribution >= 0.6 is 11.6 Å². The molecule has 166 valence electrons. The molecule has 0 bridgehead atoms. The molecular weight excluding hydrogens is 445 g/mol. The molecule has 0 aliphatic heterocycles. The molecule has 2 amide bonds. The Bertz CT molecular complexity index is 1050. The molecule has 0 unspecified atom stereocenters. The van der Waals surface area contributed by atoms with E-state index >= 15 is 0 Å². The van der Waals surface area contributed by atoms with Gasteiger partial charge in [-0.25, -0.2) is 12.8 Å². The molecular formula is C21H23ClFN3O4S. The van der Waals surface area contributed by atoms with Crippen LogP contribution in [0, 0.1) is 5.82 Å². The summed E-state index contributed by atoms with van der Waals surface area (Å²) in [6.07, 6.45) is 5.30. The van der Waals surface area contributed by atoms with Gasteiger partial charge in [-0.15, -0.1) is 0 Å². The highest BCUT2D eigenvalue weighted by Gasteiger charge is 2.18. The van der Waals surface area contributed by atoms with Crippen molar-refractivity contribution in [1.82, 2.24) is 10.6 Å². The number of hydrogen-bond acceptors (Lipinski definition) is 4. The molecule has 1 saturated carbocycles. The van der Waals surface area contributed by atoms with Crippen molar-refractivity contribution in [2.75, 3.05) is 11.3 Å². The first-order valence-corrected chi connectivity index (χ1v) is 11.8. The number of anilines is 1. The highest BCUT2D eigenvalue weighted by molar-refractivity contribution is 7.92. The third-order valence-corrected chi connectivity index (χ3v) is 6.65. The Hall–Kier alpha value is -2.65. The van der Waals surface area contributed by atoms with Crippen LogP contribution in [0.1, 0.15) is 42.5 Å². The fourth-order valence-corrected chi connectivity index (χ4v) is 4.67. The van der Waals surface area contributed by atoms with Gasteiger partial charge in [-0.2, -0.15) is 0 Å². The van der Waals surface area contributed by atoms with E-state index < -0.39 is 21.7 Å². The van der Waals surface area contributed by atoms with Crippen molar-refractivity contribution in [1.29, 1.82) is 0 Å². The van der Waals surface area contributed by atoms with Gasteiger partial charge in [0.2, 0.25) is 5.91 Å². The van der Waals surface area contributed by atoms with Gasteiger partial charge in [0.1, 0.15) is 5.82 Å². The monoisotopic (exact) mass is 467 g/mol. The van der Waals surface area contributed by atoms with Crippen molar-refractivity contribution in [2.45, 2.75) is 43.0 Å². The minimum absolute atomic E-state index is 0.130. The first-order valence-electron chi connectivity index (χ1n) is 9.90. The Labute approximate surface area is 185 Å². The number of halogens is 2. The molecule has 0 heterocycles. The zero-order valence-electron chi connectivity index (χ0n) is 16.7. The Morgan fingerprint density at radius 2 is 1.71 bits per heavy atom. The van der Waals surface area contributed by atoms with Crippen LogP contribution in [0.25, 0.3) is 0 Å². The van der Waals surface area contributed by atoms with E-state index in [2.05, 4.69) is 15.4 Å². The molecule has 3 N–H and O–H groups in total. The standard InChI is InChI=1S/C21H23ClFN3O4S/c22-18-12-17(10-11-19(18)23)31(29,30)26-16-8-6-14(7-9-16)21(28)24-13-20(27)25-15-4-2-1-3-5-15/h6-12,15,26H,1-5,13H2,(H,24,28)(H,25,27). The Kier molecular flexibility index (Phi) is 7.50. The zero-order chi connectivity index (χ0) is 22.4. The average molecular weight is 468 g/mol. The summed E-state index contributed by atoms with van der Waals surface area (Å²) in [4.78, 5) is 24.1. The van der Waals surface area contributed by atoms with Gasteiger partial charge in [0.05, 0.1) is 16.5 Å². The quantitative estimate of drug-likeness (QED) is 0.580. The van der Waals surface area contributed by atoms with Crippen LogP contribution < -0.4 is 15.4 Å². The second-order valence-electron chi connectivity index (χ2n) is 7.34. The van der Waals surface area contributed by atoms with Gasteiger partial charge in [0, 0.05) is 17.3 Å². The number of carbonyl (C=O) groups is 2. The number of benzene rings is 2. The van der Waals surface area contributed by atoms with Gasteiger partial charge < -0.3 is 10.6 Å². The first kappa shape index (κ1) is 23.0. The normalized spacial score (nSPS) is 14.6. The molecule has 2 aromatic carbocycles. The zero-order valence-corrected chi connectivity index (χ0v) is 18.2. The highest BCUT2D eigenvalue weighted by atomic mass is 35.5. The van der Waals surface area contributed by atoms with E-state index in [-0.39, 0.29) is 39.7 Å². The van der Waals surface area contributed by atoms with E-state index in [0.29, 0.717) is 0 Å². The second-order valence-corrected chi connectivity index (χ2v) is 9.43. The molecule has 0 saturated heterocycles. The predicted molar refractivity (Wildman–Crippen MR) is 116 cm³/mol. The van der Waals surface area contributed by atoms with Crippen LogP contribution in [0.4, 0.5) is 10.1 Å². The van der Waals surface area contributed by atoms with Gasteiger partial charge in [0.25, 0.3) is 15.9 Å². The van der Waals surface area contributed by atoms with Crippen LogP contribution in [0.15, 0.2) is 47.4 Å². The van der Waals surface area contributed by atoms with E-state index in [0.717, 1.165) is 43.9 Å². The fourth-order valence-electron chi connectivity index (χ4n) is 3.34. The molecule has 0 atom stereocenters. The third-order valence-electron chi connectivity index (χ3n) is 4.98. The number of rotatable bonds is 7. The highest BCUT2D eigenvalue weighted by Crippen LogP contribution is 2.22. The topological polar surface area (TPSA) is 104 Å². The van der Waals surface area contributed by atoms with Gasteiger partial charge >= 0.3 is 0 Å². The summed E-state index contributed by atoms with van der Waals surface area (Å²) in [6.45, 7) is -0.130. The van der Waals surface area contributed by atoms with Gasteiger partial charge in [-0.1, -0.05) is 30.9 Å². The van der Waals surface area contributed by atoms with Gasteiger partial charge in [-0.05, 0) is 55.3 Å². The van der Waals surface area contributed by atoms with E-state index in [9.17, 15) is 22.4 Å². The molecule has 0 aromatic heterocycles. The Morgan fingerprint density at radius 1 is 1.03 bits per heavy atom. The molecule has 0 spiro atoms. The molecule has 10 heteroatoms. The summed E-state index contributed by atoms with van der Waals surface area (Å²) in [6, 6.07) is 8.95. The summed E-state index contributed by atoms with van der Waals surface area (Å²) in [5.74, 6) is -1.40. The Balaban J connectivity index is 1.54. The minimum atomic E-state index is -3.98. The van der Waals surface area contributed by atoms with Crippen LogP contribution in [0.2, 0.25) is 5.02 Å². The molecule has 3 rings (SSSR count). The first-order chi connectivity index (χ1) is 14.7. The molecule has 1 aliphatic carbocycles. The summed E-state index contributed by atoms with van der Waals surface area (Å²) in [7, 11) is -3.98. The summed E-state index contributed by atoms with van der Waals surface area (Å²) < 4.78 is 40.4. The number of amides is 2. The van der Waals surface area contributed by atoms with Crippen LogP contribution in [0.3, 0.4) is 0 Å². The molecule has 1 fully saturated rings. The van der Waals surface area contributed by atoms with Crippen LogP contribution in [-0.2, 0) is 14.8 Å². The second kappa shape index (κ2) is 10.1. The largest absolute Gasteiger partial charge is 0.352 e. The maximum Gasteiger partial charge on any atom is 0.261 e. The number of carbonyl (C=O) groups excluding carboxylic acids is 2. The minimum Gasteiger partial charge on any atom is -0.352 e. The smallest absolute Gasteiger partial charge is 0.261 e. The van der Waals surface area contributed by atoms with E-state index in [1.54, 1.807) is 0 Å². The van der Waals surface area contributed by atoms with Crippen molar-refractivity contribution in [3.63, 3.8) is 0 Å². The average Bonchev–Trinajstić information content (AvgIpc) is 2.75.